The molecule has 0 spiro atoms. The molecule has 1 aliphatic rings. The lowest BCUT2D eigenvalue weighted by atomic mass is 9.88. The Morgan fingerprint density at radius 3 is 2.75 bits per heavy atom. The average Bonchev–Trinajstić information content (AvgIpc) is 3.21. The van der Waals surface area contributed by atoms with Gasteiger partial charge in [0.1, 0.15) is 11.6 Å². The highest BCUT2D eigenvalue weighted by atomic mass is 35.5. The fourth-order valence-electron chi connectivity index (χ4n) is 3.90. The molecule has 0 bridgehead atoms. The van der Waals surface area contributed by atoms with Crippen molar-refractivity contribution < 1.29 is 9.53 Å². The normalized spacial score (nSPS) is 18.8. The summed E-state index contributed by atoms with van der Waals surface area (Å²) in [5.74, 6) is 2.26. The van der Waals surface area contributed by atoms with Gasteiger partial charge in [-0.3, -0.25) is 15.0 Å². The van der Waals surface area contributed by atoms with Crippen LogP contribution in [-0.4, -0.2) is 57.3 Å². The first-order valence-corrected chi connectivity index (χ1v) is 10.8. The Bertz CT molecular complexity index is 1040. The van der Waals surface area contributed by atoms with Gasteiger partial charge in [0.15, 0.2) is 5.82 Å². The number of likely N-dealkylation sites (tertiary alicyclic amines) is 1. The van der Waals surface area contributed by atoms with Gasteiger partial charge < -0.3 is 15.4 Å². The Labute approximate surface area is 191 Å². The molecule has 3 N–H and O–H groups in total. The fraction of sp³-hybridized carbons (Fsp3) is 0.364. The van der Waals surface area contributed by atoms with Gasteiger partial charge in [-0.2, -0.15) is 5.10 Å². The third-order valence-corrected chi connectivity index (χ3v) is 5.75. The van der Waals surface area contributed by atoms with Crippen molar-refractivity contribution in [3.63, 3.8) is 0 Å². The Balaban J connectivity index is 1.47. The summed E-state index contributed by atoms with van der Waals surface area (Å²) >= 11 is 5.93. The molecule has 4 rings (SSSR count). The molecule has 1 aromatic carbocycles. The molecule has 1 aliphatic heterocycles. The topological polar surface area (TPSA) is 108 Å². The maximum atomic E-state index is 12.7. The monoisotopic (exact) mass is 455 g/mol. The molecule has 2 atom stereocenters. The minimum atomic E-state index is -0.256. The zero-order valence-electron chi connectivity index (χ0n) is 18.0. The van der Waals surface area contributed by atoms with Gasteiger partial charge in [0.2, 0.25) is 0 Å². The highest BCUT2D eigenvalue weighted by molar-refractivity contribution is 6.30. The number of carbonyl (C=O) groups excluding carboxylic acids is 1. The maximum Gasteiger partial charge on any atom is 0.319 e. The van der Waals surface area contributed by atoms with Crippen LogP contribution in [-0.2, 0) is 6.54 Å². The fourth-order valence-corrected chi connectivity index (χ4v) is 4.02. The number of anilines is 1. The van der Waals surface area contributed by atoms with Crippen LogP contribution < -0.4 is 15.4 Å². The number of nitrogens with zero attached hydrogens (tertiary/aromatic N) is 4. The Morgan fingerprint density at radius 1 is 1.28 bits per heavy atom. The summed E-state index contributed by atoms with van der Waals surface area (Å²) in [5.41, 5.74) is 1.59. The van der Waals surface area contributed by atoms with Crippen LogP contribution >= 0.6 is 11.6 Å². The Kier molecular flexibility index (Phi) is 6.87. The zero-order chi connectivity index (χ0) is 22.5. The predicted octanol–water partition coefficient (Wildman–Crippen LogP) is 3.35. The first kappa shape index (κ1) is 22.0. The molecule has 3 heterocycles. The summed E-state index contributed by atoms with van der Waals surface area (Å²) in [7, 11) is 1.61. The van der Waals surface area contributed by atoms with Crippen molar-refractivity contribution >= 4 is 23.3 Å². The molecule has 0 saturated carbocycles. The number of aromatic amines is 1. The number of hydrogen-bond donors (Lipinski definition) is 3. The van der Waals surface area contributed by atoms with Crippen molar-refractivity contribution in [2.24, 2.45) is 0 Å². The molecule has 1 fully saturated rings. The SMILES string of the molecule is COc1ccc(C2CN(Cc3n[nH]c(C)n3)CCC2NC(=O)Nc2ccc(Cl)cc2)nc1. The number of ether oxygens (including phenoxy) is 1. The molecule has 1 saturated heterocycles. The molecule has 3 aromatic rings. The van der Waals surface area contributed by atoms with E-state index in [1.807, 2.05) is 19.1 Å². The summed E-state index contributed by atoms with van der Waals surface area (Å²) < 4.78 is 5.24. The molecule has 168 valence electrons. The van der Waals surface area contributed by atoms with E-state index in [2.05, 4.69) is 35.7 Å². The van der Waals surface area contributed by atoms with Crippen LogP contribution in [0.25, 0.3) is 0 Å². The minimum absolute atomic E-state index is 0.00524. The van der Waals surface area contributed by atoms with E-state index in [-0.39, 0.29) is 18.0 Å². The van der Waals surface area contributed by atoms with Crippen molar-refractivity contribution in [3.8, 4) is 5.75 Å². The van der Waals surface area contributed by atoms with Crippen LogP contribution in [0.5, 0.6) is 5.75 Å². The van der Waals surface area contributed by atoms with Crippen LogP contribution in [0.2, 0.25) is 5.02 Å². The van der Waals surface area contributed by atoms with Gasteiger partial charge in [-0.1, -0.05) is 11.6 Å². The number of urea groups is 1. The number of hydrogen-bond acceptors (Lipinski definition) is 6. The molecule has 2 aromatic heterocycles. The number of benzene rings is 1. The third-order valence-electron chi connectivity index (χ3n) is 5.50. The Morgan fingerprint density at radius 2 is 2.09 bits per heavy atom. The number of piperidine rings is 1. The van der Waals surface area contributed by atoms with E-state index >= 15 is 0 Å². The van der Waals surface area contributed by atoms with Crippen LogP contribution in [0.1, 0.15) is 29.7 Å². The number of amides is 2. The quantitative estimate of drug-likeness (QED) is 0.526. The van der Waals surface area contributed by atoms with Crippen molar-refractivity contribution in [3.05, 3.63) is 65.0 Å². The second-order valence-corrected chi connectivity index (χ2v) is 8.24. The molecule has 32 heavy (non-hydrogen) atoms. The largest absolute Gasteiger partial charge is 0.495 e. The second kappa shape index (κ2) is 9.97. The number of nitrogens with one attached hydrogen (secondary N) is 3. The Hall–Kier alpha value is -3.17. The number of aryl methyl sites for hydroxylation is 1. The summed E-state index contributed by atoms with van der Waals surface area (Å²) in [5, 5.41) is 13.8. The van der Waals surface area contributed by atoms with Gasteiger partial charge in [0.25, 0.3) is 0 Å². The van der Waals surface area contributed by atoms with Gasteiger partial charge >= 0.3 is 6.03 Å². The number of aromatic nitrogens is 4. The maximum absolute atomic E-state index is 12.7. The van der Waals surface area contributed by atoms with E-state index in [0.29, 0.717) is 23.0 Å². The smallest absolute Gasteiger partial charge is 0.319 e. The molecular formula is C22H26ClN7O2. The molecule has 9 nitrogen and oxygen atoms in total. The number of rotatable bonds is 6. The minimum Gasteiger partial charge on any atom is -0.495 e. The molecule has 2 amide bonds. The van der Waals surface area contributed by atoms with Gasteiger partial charge in [0, 0.05) is 41.5 Å². The summed E-state index contributed by atoms with van der Waals surface area (Å²) in [6.07, 6.45) is 2.48. The van der Waals surface area contributed by atoms with Crippen LogP contribution in [0, 0.1) is 6.92 Å². The summed E-state index contributed by atoms with van der Waals surface area (Å²) in [6, 6.07) is 10.5. The standard InChI is InChI=1S/C22H26ClN7O2/c1-14-25-21(29-28-14)13-30-10-9-20(18(12-30)19-8-7-17(32-2)11-24-19)27-22(31)26-16-5-3-15(23)4-6-16/h3-8,11,18,20H,9-10,12-13H2,1-2H3,(H,25,28,29)(H2,26,27,31). The van der Waals surface area contributed by atoms with Gasteiger partial charge in [-0.05, 0) is 49.7 Å². The van der Waals surface area contributed by atoms with E-state index in [1.165, 1.54) is 0 Å². The van der Waals surface area contributed by atoms with Crippen molar-refractivity contribution in [2.45, 2.75) is 31.8 Å². The average molecular weight is 456 g/mol. The van der Waals surface area contributed by atoms with Crippen molar-refractivity contribution in [1.29, 1.82) is 0 Å². The predicted molar refractivity (Wildman–Crippen MR) is 122 cm³/mol. The first-order chi connectivity index (χ1) is 15.5. The molecule has 0 aliphatic carbocycles. The second-order valence-electron chi connectivity index (χ2n) is 7.80. The number of H-pyrrole nitrogens is 1. The lowest BCUT2D eigenvalue weighted by Gasteiger charge is -2.38. The number of carbonyl (C=O) groups is 1. The van der Waals surface area contributed by atoms with Crippen LogP contribution in [0.15, 0.2) is 42.6 Å². The van der Waals surface area contributed by atoms with Crippen LogP contribution in [0.4, 0.5) is 10.5 Å². The number of pyridine rings is 1. The van der Waals surface area contributed by atoms with Crippen molar-refractivity contribution in [2.75, 3.05) is 25.5 Å². The van der Waals surface area contributed by atoms with Crippen LogP contribution in [0.3, 0.4) is 0 Å². The number of methoxy groups -OCH3 is 1. The highest BCUT2D eigenvalue weighted by Gasteiger charge is 2.33. The van der Waals surface area contributed by atoms with E-state index in [9.17, 15) is 4.79 Å². The van der Waals surface area contributed by atoms with Gasteiger partial charge in [-0.15, -0.1) is 0 Å². The third kappa shape index (κ3) is 5.54. The zero-order valence-corrected chi connectivity index (χ0v) is 18.8. The molecule has 0 radical (unpaired) electrons. The molecule has 10 heteroatoms. The summed E-state index contributed by atoms with van der Waals surface area (Å²) in [4.78, 5) is 24.0. The van der Waals surface area contributed by atoms with E-state index in [1.54, 1.807) is 37.6 Å². The first-order valence-electron chi connectivity index (χ1n) is 10.4. The van der Waals surface area contributed by atoms with E-state index in [4.69, 9.17) is 16.3 Å². The lowest BCUT2D eigenvalue weighted by Crippen LogP contribution is -2.50. The van der Waals surface area contributed by atoms with Crippen molar-refractivity contribution in [1.82, 2.24) is 30.4 Å². The number of halogens is 1. The summed E-state index contributed by atoms with van der Waals surface area (Å²) in [6.45, 7) is 4.06. The van der Waals surface area contributed by atoms with Gasteiger partial charge in [0.05, 0.1) is 19.9 Å². The highest BCUT2D eigenvalue weighted by Crippen LogP contribution is 2.28. The molecule has 2 unspecified atom stereocenters. The van der Waals surface area contributed by atoms with E-state index in [0.717, 1.165) is 36.9 Å². The van der Waals surface area contributed by atoms with E-state index < -0.39 is 0 Å². The lowest BCUT2D eigenvalue weighted by molar-refractivity contribution is 0.164. The van der Waals surface area contributed by atoms with Gasteiger partial charge in [-0.25, -0.2) is 9.78 Å². The molecular weight excluding hydrogens is 430 g/mol.